The number of hydrogen-bond acceptors (Lipinski definition) is 3. The summed E-state index contributed by atoms with van der Waals surface area (Å²) in [4.78, 5) is 11.0. The van der Waals surface area contributed by atoms with Crippen LogP contribution in [0, 0.1) is 0 Å². The van der Waals surface area contributed by atoms with Crippen molar-refractivity contribution in [1.82, 2.24) is 0 Å². The normalized spacial score (nSPS) is 13.7. The number of carbonyl (C=O) groups is 1. The molecule has 0 amide bonds. The SMILES string of the molecule is C=CC[C@@H](O)C[C@@H](CC=C)OC(=O)C=C. The molecule has 0 aliphatic carbocycles. The molecule has 0 heterocycles. The molecule has 3 heteroatoms. The van der Waals surface area contributed by atoms with Gasteiger partial charge in [-0.25, -0.2) is 4.79 Å². The predicted octanol–water partition coefficient (Wildman–Crippen LogP) is 1.99. The van der Waals surface area contributed by atoms with Crippen molar-refractivity contribution >= 4 is 5.97 Å². The Morgan fingerprint density at radius 1 is 1.27 bits per heavy atom. The minimum atomic E-state index is -0.537. The minimum Gasteiger partial charge on any atom is -0.459 e. The van der Waals surface area contributed by atoms with Crippen molar-refractivity contribution in [2.45, 2.75) is 31.5 Å². The first-order valence-corrected chi connectivity index (χ1v) is 4.87. The van der Waals surface area contributed by atoms with Crippen LogP contribution in [-0.4, -0.2) is 23.3 Å². The van der Waals surface area contributed by atoms with Gasteiger partial charge in [-0.05, 0) is 6.42 Å². The highest BCUT2D eigenvalue weighted by Gasteiger charge is 2.15. The van der Waals surface area contributed by atoms with E-state index in [2.05, 4.69) is 19.7 Å². The van der Waals surface area contributed by atoms with E-state index in [9.17, 15) is 9.90 Å². The lowest BCUT2D eigenvalue weighted by molar-refractivity contribution is -0.144. The quantitative estimate of drug-likeness (QED) is 0.378. The standard InChI is InChI=1S/C12H18O3/c1-4-7-10(13)9-11(8-5-2)15-12(14)6-3/h4-6,10-11,13H,1-3,7-9H2/t10-,11-/m1/s1. The van der Waals surface area contributed by atoms with Crippen molar-refractivity contribution in [2.75, 3.05) is 0 Å². The largest absolute Gasteiger partial charge is 0.459 e. The number of aliphatic hydroxyl groups is 1. The van der Waals surface area contributed by atoms with Crippen molar-refractivity contribution in [3.63, 3.8) is 0 Å². The van der Waals surface area contributed by atoms with E-state index >= 15 is 0 Å². The van der Waals surface area contributed by atoms with E-state index in [0.717, 1.165) is 6.08 Å². The van der Waals surface area contributed by atoms with Gasteiger partial charge >= 0.3 is 5.97 Å². The van der Waals surface area contributed by atoms with Crippen LogP contribution >= 0.6 is 0 Å². The average Bonchev–Trinajstić information content (AvgIpc) is 2.18. The average molecular weight is 210 g/mol. The molecule has 84 valence electrons. The Balaban J connectivity index is 4.12. The molecular formula is C12H18O3. The lowest BCUT2D eigenvalue weighted by Crippen LogP contribution is -2.22. The highest BCUT2D eigenvalue weighted by Crippen LogP contribution is 2.11. The Morgan fingerprint density at radius 2 is 1.87 bits per heavy atom. The molecule has 0 aliphatic rings. The van der Waals surface area contributed by atoms with Crippen molar-refractivity contribution in [1.29, 1.82) is 0 Å². The maximum Gasteiger partial charge on any atom is 0.330 e. The Hall–Kier alpha value is -1.35. The van der Waals surface area contributed by atoms with Gasteiger partial charge in [0.15, 0.2) is 0 Å². The van der Waals surface area contributed by atoms with Crippen molar-refractivity contribution in [3.8, 4) is 0 Å². The summed E-state index contributed by atoms with van der Waals surface area (Å²) >= 11 is 0. The summed E-state index contributed by atoms with van der Waals surface area (Å²) in [5, 5.41) is 9.51. The van der Waals surface area contributed by atoms with Gasteiger partial charge < -0.3 is 9.84 Å². The van der Waals surface area contributed by atoms with Gasteiger partial charge in [0.25, 0.3) is 0 Å². The minimum absolute atomic E-state index is 0.344. The van der Waals surface area contributed by atoms with Gasteiger partial charge in [-0.3, -0.25) is 0 Å². The summed E-state index contributed by atoms with van der Waals surface area (Å²) in [7, 11) is 0. The second kappa shape index (κ2) is 8.00. The Morgan fingerprint density at radius 3 is 2.33 bits per heavy atom. The molecule has 0 saturated heterocycles. The third kappa shape index (κ3) is 6.69. The molecule has 15 heavy (non-hydrogen) atoms. The molecule has 0 aliphatic heterocycles. The number of rotatable bonds is 8. The molecule has 0 bridgehead atoms. The zero-order valence-corrected chi connectivity index (χ0v) is 8.89. The van der Waals surface area contributed by atoms with Crippen molar-refractivity contribution in [2.24, 2.45) is 0 Å². The first-order valence-electron chi connectivity index (χ1n) is 4.87. The van der Waals surface area contributed by atoms with Crippen LogP contribution in [0.15, 0.2) is 38.0 Å². The van der Waals surface area contributed by atoms with E-state index in [-0.39, 0.29) is 6.10 Å². The summed E-state index contributed by atoms with van der Waals surface area (Å²) in [5.41, 5.74) is 0. The summed E-state index contributed by atoms with van der Waals surface area (Å²) in [5.74, 6) is -0.479. The van der Waals surface area contributed by atoms with Gasteiger partial charge in [-0.1, -0.05) is 18.7 Å². The van der Waals surface area contributed by atoms with E-state index in [4.69, 9.17) is 4.74 Å². The van der Waals surface area contributed by atoms with Crippen molar-refractivity contribution < 1.29 is 14.6 Å². The summed E-state index contributed by atoms with van der Waals surface area (Å²) < 4.78 is 5.03. The third-order valence-electron chi connectivity index (χ3n) is 1.85. The molecular weight excluding hydrogens is 192 g/mol. The van der Waals surface area contributed by atoms with Gasteiger partial charge in [0.05, 0.1) is 6.10 Å². The molecule has 1 N–H and O–H groups in total. The summed E-state index contributed by atoms with van der Waals surface area (Å²) in [6.45, 7) is 10.4. The molecule has 2 atom stereocenters. The fourth-order valence-electron chi connectivity index (χ4n) is 1.18. The van der Waals surface area contributed by atoms with E-state index in [1.807, 2.05) is 0 Å². The maximum atomic E-state index is 11.0. The molecule has 0 spiro atoms. The first kappa shape index (κ1) is 13.7. The fourth-order valence-corrected chi connectivity index (χ4v) is 1.18. The first-order chi connectivity index (χ1) is 7.13. The van der Waals surface area contributed by atoms with Crippen LogP contribution in [0.3, 0.4) is 0 Å². The molecule has 0 fully saturated rings. The van der Waals surface area contributed by atoms with Crippen LogP contribution in [0.25, 0.3) is 0 Å². The molecule has 0 saturated carbocycles. The van der Waals surface area contributed by atoms with Gasteiger partial charge in [-0.15, -0.1) is 13.2 Å². The van der Waals surface area contributed by atoms with Crippen LogP contribution in [0.2, 0.25) is 0 Å². The highest BCUT2D eigenvalue weighted by molar-refractivity contribution is 5.81. The lowest BCUT2D eigenvalue weighted by Gasteiger charge is -2.18. The molecule has 3 nitrogen and oxygen atoms in total. The molecule has 0 rings (SSSR count). The molecule has 0 radical (unpaired) electrons. The molecule has 0 aromatic heterocycles. The van der Waals surface area contributed by atoms with Crippen LogP contribution in [0.1, 0.15) is 19.3 Å². The van der Waals surface area contributed by atoms with Gasteiger partial charge in [0.2, 0.25) is 0 Å². The van der Waals surface area contributed by atoms with Gasteiger partial charge in [0, 0.05) is 18.9 Å². The van der Waals surface area contributed by atoms with Gasteiger partial charge in [0.1, 0.15) is 6.10 Å². The monoisotopic (exact) mass is 210 g/mol. The van der Waals surface area contributed by atoms with E-state index in [1.165, 1.54) is 0 Å². The Labute approximate surface area is 90.8 Å². The van der Waals surface area contributed by atoms with Crippen LogP contribution in [0.5, 0.6) is 0 Å². The second-order valence-electron chi connectivity index (χ2n) is 3.20. The summed E-state index contributed by atoms with van der Waals surface area (Å²) in [6.07, 6.45) is 4.90. The topological polar surface area (TPSA) is 46.5 Å². The van der Waals surface area contributed by atoms with Gasteiger partial charge in [-0.2, -0.15) is 0 Å². The second-order valence-corrected chi connectivity index (χ2v) is 3.20. The van der Waals surface area contributed by atoms with Crippen LogP contribution in [-0.2, 0) is 9.53 Å². The zero-order valence-electron chi connectivity index (χ0n) is 8.89. The lowest BCUT2D eigenvalue weighted by atomic mass is 10.1. The maximum absolute atomic E-state index is 11.0. The number of hydrogen-bond donors (Lipinski definition) is 1. The fraction of sp³-hybridized carbons (Fsp3) is 0.417. The Bertz CT molecular complexity index is 233. The van der Waals surface area contributed by atoms with Crippen LogP contribution < -0.4 is 0 Å². The number of esters is 1. The zero-order chi connectivity index (χ0) is 11.7. The predicted molar refractivity (Wildman–Crippen MR) is 60.3 cm³/mol. The van der Waals surface area contributed by atoms with Crippen LogP contribution in [0.4, 0.5) is 0 Å². The molecule has 0 aromatic carbocycles. The van der Waals surface area contributed by atoms with E-state index in [0.29, 0.717) is 19.3 Å². The smallest absolute Gasteiger partial charge is 0.330 e. The number of aliphatic hydroxyl groups excluding tert-OH is 1. The van der Waals surface area contributed by atoms with E-state index < -0.39 is 12.1 Å². The number of ether oxygens (including phenoxy) is 1. The highest BCUT2D eigenvalue weighted by atomic mass is 16.5. The van der Waals surface area contributed by atoms with Crippen molar-refractivity contribution in [3.05, 3.63) is 38.0 Å². The number of carbonyl (C=O) groups excluding carboxylic acids is 1. The third-order valence-corrected chi connectivity index (χ3v) is 1.85. The van der Waals surface area contributed by atoms with E-state index in [1.54, 1.807) is 12.2 Å². The summed E-state index contributed by atoms with van der Waals surface area (Å²) in [6, 6.07) is 0. The Kier molecular flexibility index (Phi) is 7.28. The molecule has 0 aromatic rings. The molecule has 0 unspecified atom stereocenters.